The van der Waals surface area contributed by atoms with Crippen LogP contribution in [0.4, 0.5) is 4.79 Å². The van der Waals surface area contributed by atoms with E-state index < -0.39 is 54.5 Å². The summed E-state index contributed by atoms with van der Waals surface area (Å²) in [5, 5.41) is 19.0. The Bertz CT molecular complexity index is 1330. The molecule has 2 aromatic rings. The third kappa shape index (κ3) is 6.40. The number of fused-ring (bicyclic) bond motifs is 1. The Morgan fingerprint density at radius 3 is 2.15 bits per heavy atom. The fourth-order valence-electron chi connectivity index (χ4n) is 4.67. The molecule has 14 nitrogen and oxygen atoms in total. The van der Waals surface area contributed by atoms with Gasteiger partial charge in [-0.25, -0.2) is 4.79 Å². The van der Waals surface area contributed by atoms with Crippen LogP contribution in [-0.2, 0) is 25.5 Å². The number of hydrogen-bond acceptors (Lipinski definition) is 8. The summed E-state index contributed by atoms with van der Waals surface area (Å²) in [7, 11) is 0. The molecule has 1 fully saturated rings. The number of carboxylic acids is 2. The van der Waals surface area contributed by atoms with Crippen molar-refractivity contribution in [3.8, 4) is 0 Å². The van der Waals surface area contributed by atoms with Crippen LogP contribution in [0.15, 0.2) is 18.2 Å². The number of pyridine rings is 1. The summed E-state index contributed by atoms with van der Waals surface area (Å²) >= 11 is 0. The zero-order chi connectivity index (χ0) is 28.9. The standard InChI is InChI=1S/C25H29N5O9/c1-2-39-25(38)30-10-8-29(9-11-30)24(37)14(6-7-17(31)32)21-20(23(27)36)15(12-18(33)34)19-13(22(26)35)4-3-5-16(19)28-21/h3-5,14H,2,6-12H2,1H3,(H2,26,35)(H2,27,36)(H,31,32)(H,33,34). The minimum atomic E-state index is -1.35. The fraction of sp³-hybridized carbons (Fsp3) is 0.400. The number of nitrogens with zero attached hydrogens (tertiary/aromatic N) is 3. The van der Waals surface area contributed by atoms with Gasteiger partial charge in [0.25, 0.3) is 5.91 Å². The van der Waals surface area contributed by atoms with Gasteiger partial charge in [0.2, 0.25) is 11.8 Å². The molecule has 1 aliphatic heterocycles. The number of piperazine rings is 1. The van der Waals surface area contributed by atoms with Crippen molar-refractivity contribution in [1.29, 1.82) is 0 Å². The Labute approximate surface area is 222 Å². The Morgan fingerprint density at radius 1 is 0.974 bits per heavy atom. The van der Waals surface area contributed by atoms with E-state index in [1.165, 1.54) is 28.0 Å². The molecule has 0 saturated carbocycles. The lowest BCUT2D eigenvalue weighted by molar-refractivity contribution is -0.138. The highest BCUT2D eigenvalue weighted by molar-refractivity contribution is 6.11. The Morgan fingerprint density at radius 2 is 1.62 bits per heavy atom. The average Bonchev–Trinajstić information content (AvgIpc) is 2.87. The molecule has 39 heavy (non-hydrogen) atoms. The minimum absolute atomic E-state index is 0.0115. The van der Waals surface area contributed by atoms with Crippen molar-refractivity contribution in [1.82, 2.24) is 14.8 Å². The number of carbonyl (C=O) groups is 6. The van der Waals surface area contributed by atoms with E-state index in [0.717, 1.165) is 0 Å². The summed E-state index contributed by atoms with van der Waals surface area (Å²) < 4.78 is 4.99. The number of aromatic nitrogens is 1. The Hall–Kier alpha value is -4.75. The summed E-state index contributed by atoms with van der Waals surface area (Å²) in [5.74, 6) is -6.40. The number of nitrogens with two attached hydrogens (primary N) is 2. The van der Waals surface area contributed by atoms with Crippen molar-refractivity contribution >= 4 is 46.7 Å². The SMILES string of the molecule is CCOC(=O)N1CCN(C(=O)C(CCC(=O)O)c2nc3cccc(C(N)=O)c3c(CC(=O)O)c2C(N)=O)CC1. The first-order chi connectivity index (χ1) is 18.5. The maximum absolute atomic E-state index is 13.7. The molecule has 0 radical (unpaired) electrons. The van der Waals surface area contributed by atoms with Gasteiger partial charge in [-0.1, -0.05) is 6.07 Å². The summed E-state index contributed by atoms with van der Waals surface area (Å²) in [6, 6.07) is 4.26. The Balaban J connectivity index is 2.16. The second-order valence-corrected chi connectivity index (χ2v) is 8.85. The molecule has 3 rings (SSSR count). The lowest BCUT2D eigenvalue weighted by Gasteiger charge is -2.36. The lowest BCUT2D eigenvalue weighted by atomic mass is 9.87. The van der Waals surface area contributed by atoms with Crippen LogP contribution < -0.4 is 11.5 Å². The third-order valence-electron chi connectivity index (χ3n) is 6.38. The first kappa shape index (κ1) is 28.8. The topological polar surface area (TPSA) is 224 Å². The zero-order valence-corrected chi connectivity index (χ0v) is 21.2. The van der Waals surface area contributed by atoms with Crippen molar-refractivity contribution in [2.45, 2.75) is 32.1 Å². The number of aliphatic carboxylic acids is 2. The molecule has 1 aliphatic rings. The Kier molecular flexibility index (Phi) is 9.01. The van der Waals surface area contributed by atoms with Crippen LogP contribution in [0.1, 0.15) is 57.7 Å². The van der Waals surface area contributed by atoms with E-state index >= 15 is 0 Å². The number of benzene rings is 1. The van der Waals surface area contributed by atoms with Crippen molar-refractivity contribution in [3.63, 3.8) is 0 Å². The third-order valence-corrected chi connectivity index (χ3v) is 6.38. The van der Waals surface area contributed by atoms with E-state index in [1.807, 2.05) is 0 Å². The van der Waals surface area contributed by atoms with Crippen LogP contribution in [0.3, 0.4) is 0 Å². The molecule has 0 spiro atoms. The second-order valence-electron chi connectivity index (χ2n) is 8.85. The van der Waals surface area contributed by atoms with E-state index in [1.54, 1.807) is 6.92 Å². The largest absolute Gasteiger partial charge is 0.481 e. The van der Waals surface area contributed by atoms with Gasteiger partial charge in [0.1, 0.15) is 0 Å². The van der Waals surface area contributed by atoms with Gasteiger partial charge in [0, 0.05) is 43.5 Å². The van der Waals surface area contributed by atoms with Gasteiger partial charge in [-0.05, 0) is 31.0 Å². The highest BCUT2D eigenvalue weighted by atomic mass is 16.6. The van der Waals surface area contributed by atoms with Crippen LogP contribution in [0, 0.1) is 0 Å². The fourth-order valence-corrected chi connectivity index (χ4v) is 4.67. The van der Waals surface area contributed by atoms with Gasteiger partial charge in [0.05, 0.1) is 35.7 Å². The number of ether oxygens (including phenoxy) is 1. The van der Waals surface area contributed by atoms with Gasteiger partial charge in [-0.3, -0.25) is 29.0 Å². The molecule has 0 bridgehead atoms. The van der Waals surface area contributed by atoms with Crippen LogP contribution in [0.2, 0.25) is 0 Å². The molecule has 2 heterocycles. The molecular weight excluding hydrogens is 514 g/mol. The number of carbonyl (C=O) groups excluding carboxylic acids is 4. The van der Waals surface area contributed by atoms with E-state index in [2.05, 4.69) is 4.98 Å². The van der Waals surface area contributed by atoms with Crippen LogP contribution in [0.25, 0.3) is 10.9 Å². The van der Waals surface area contributed by atoms with Gasteiger partial charge in [-0.15, -0.1) is 0 Å². The van der Waals surface area contributed by atoms with Gasteiger partial charge < -0.3 is 36.2 Å². The summed E-state index contributed by atoms with van der Waals surface area (Å²) in [6.07, 6.45) is -2.00. The molecule has 6 N–H and O–H groups in total. The molecule has 1 aromatic heterocycles. The van der Waals surface area contributed by atoms with Crippen molar-refractivity contribution in [2.75, 3.05) is 32.8 Å². The molecular formula is C25H29N5O9. The van der Waals surface area contributed by atoms with Crippen molar-refractivity contribution in [3.05, 3.63) is 40.6 Å². The van der Waals surface area contributed by atoms with Crippen molar-refractivity contribution < 1.29 is 43.7 Å². The molecule has 1 aromatic carbocycles. The smallest absolute Gasteiger partial charge is 0.409 e. The molecule has 0 aliphatic carbocycles. The predicted octanol–water partition coefficient (Wildman–Crippen LogP) is 0.309. The zero-order valence-electron chi connectivity index (χ0n) is 21.2. The number of hydrogen-bond donors (Lipinski definition) is 4. The van der Waals surface area contributed by atoms with E-state index in [-0.39, 0.29) is 72.5 Å². The van der Waals surface area contributed by atoms with E-state index in [0.29, 0.717) is 0 Å². The second kappa shape index (κ2) is 12.2. The van der Waals surface area contributed by atoms with E-state index in [4.69, 9.17) is 16.2 Å². The number of amides is 4. The monoisotopic (exact) mass is 543 g/mol. The molecule has 1 atom stereocenters. The van der Waals surface area contributed by atoms with Crippen LogP contribution in [-0.4, -0.2) is 93.5 Å². The number of carboxylic acid groups (broad SMARTS) is 2. The van der Waals surface area contributed by atoms with Gasteiger partial charge in [-0.2, -0.15) is 0 Å². The first-order valence-corrected chi connectivity index (χ1v) is 12.1. The molecule has 14 heteroatoms. The van der Waals surface area contributed by atoms with E-state index in [9.17, 15) is 39.0 Å². The summed E-state index contributed by atoms with van der Waals surface area (Å²) in [6.45, 7) is 2.40. The maximum atomic E-state index is 13.7. The predicted molar refractivity (Wildman–Crippen MR) is 135 cm³/mol. The number of primary amides is 2. The van der Waals surface area contributed by atoms with Crippen LogP contribution >= 0.6 is 0 Å². The van der Waals surface area contributed by atoms with Crippen LogP contribution in [0.5, 0.6) is 0 Å². The quantitative estimate of drug-likeness (QED) is 0.321. The molecule has 1 unspecified atom stereocenters. The molecule has 208 valence electrons. The maximum Gasteiger partial charge on any atom is 0.409 e. The summed E-state index contributed by atoms with van der Waals surface area (Å²) in [5.41, 5.74) is 10.4. The lowest BCUT2D eigenvalue weighted by Crippen LogP contribution is -2.52. The highest BCUT2D eigenvalue weighted by Crippen LogP contribution is 2.34. The number of rotatable bonds is 10. The molecule has 1 saturated heterocycles. The first-order valence-electron chi connectivity index (χ1n) is 12.1. The average molecular weight is 544 g/mol. The van der Waals surface area contributed by atoms with Gasteiger partial charge >= 0.3 is 18.0 Å². The normalized spacial score (nSPS) is 14.1. The van der Waals surface area contributed by atoms with Gasteiger partial charge in [0.15, 0.2) is 0 Å². The summed E-state index contributed by atoms with van der Waals surface area (Å²) in [4.78, 5) is 81.2. The van der Waals surface area contributed by atoms with Crippen molar-refractivity contribution in [2.24, 2.45) is 11.5 Å². The molecule has 4 amide bonds. The highest BCUT2D eigenvalue weighted by Gasteiger charge is 2.35. The minimum Gasteiger partial charge on any atom is -0.481 e.